The van der Waals surface area contributed by atoms with Crippen LogP contribution in [-0.4, -0.2) is 48.0 Å². The van der Waals surface area contributed by atoms with E-state index in [4.69, 9.17) is 0 Å². The van der Waals surface area contributed by atoms with Gasteiger partial charge in [-0.3, -0.25) is 0 Å². The first-order valence-corrected chi connectivity index (χ1v) is 8.92. The summed E-state index contributed by atoms with van der Waals surface area (Å²) in [5.74, 6) is 0. The number of benzene rings is 1. The van der Waals surface area contributed by atoms with E-state index >= 15 is 0 Å². The second kappa shape index (κ2) is 6.00. The van der Waals surface area contributed by atoms with Crippen molar-refractivity contribution in [1.29, 1.82) is 0 Å². The molecule has 1 rings (SSSR count). The molecule has 1 aromatic carbocycles. The van der Waals surface area contributed by atoms with Crippen LogP contribution in [0.1, 0.15) is 5.56 Å². The molecule has 0 aliphatic rings. The molecule has 0 bridgehead atoms. The highest BCUT2D eigenvalue weighted by Gasteiger charge is 2.11. The third-order valence-electron chi connectivity index (χ3n) is 2.53. The first kappa shape index (κ1) is 16.1. The molecule has 0 atom stereocenters. The summed E-state index contributed by atoms with van der Waals surface area (Å²) >= 11 is 0. The van der Waals surface area contributed by atoms with Gasteiger partial charge in [-0.2, -0.15) is 12.7 Å². The van der Waals surface area contributed by atoms with Crippen molar-refractivity contribution in [2.45, 2.75) is 11.3 Å². The summed E-state index contributed by atoms with van der Waals surface area (Å²) in [7, 11) is -3.71. The Morgan fingerprint density at radius 2 is 1.58 bits per heavy atom. The van der Waals surface area contributed by atoms with Crippen molar-refractivity contribution in [3.8, 4) is 0 Å². The van der Waals surface area contributed by atoms with Gasteiger partial charge in [-0.15, -0.1) is 0 Å². The number of rotatable bonds is 6. The number of nitrogens with one attached hydrogen (secondary N) is 1. The minimum atomic E-state index is -3.41. The normalized spacial score (nSPS) is 12.8. The molecule has 0 aromatic heterocycles. The highest BCUT2D eigenvalue weighted by atomic mass is 32.2. The molecule has 0 aliphatic heterocycles. The van der Waals surface area contributed by atoms with E-state index in [2.05, 4.69) is 4.72 Å². The molecule has 8 heteroatoms. The molecule has 0 radical (unpaired) electrons. The van der Waals surface area contributed by atoms with E-state index in [9.17, 15) is 16.8 Å². The zero-order chi connectivity index (χ0) is 14.7. The van der Waals surface area contributed by atoms with Crippen molar-refractivity contribution in [2.24, 2.45) is 0 Å². The molecule has 0 unspecified atom stereocenters. The molecule has 0 heterocycles. The number of hydrogen-bond acceptors (Lipinski definition) is 4. The monoisotopic (exact) mass is 306 g/mol. The standard InChI is InChI=1S/C11H18N2O4S2/c1-13(2)19(16,17)12-9-8-10-4-6-11(7-5-10)18(3,14)15/h4-7,12H,8-9H2,1-3H3. The predicted octanol–water partition coefficient (Wildman–Crippen LogP) is 0.0286. The second-order valence-corrected chi connectivity index (χ2v) is 8.33. The molecule has 0 fully saturated rings. The van der Waals surface area contributed by atoms with Crippen LogP contribution in [0.3, 0.4) is 0 Å². The molecule has 1 N–H and O–H groups in total. The van der Waals surface area contributed by atoms with Crippen LogP contribution in [0.4, 0.5) is 0 Å². The third-order valence-corrected chi connectivity index (χ3v) is 5.19. The minimum Gasteiger partial charge on any atom is -0.224 e. The van der Waals surface area contributed by atoms with Crippen LogP contribution >= 0.6 is 0 Å². The van der Waals surface area contributed by atoms with Crippen LogP contribution in [-0.2, 0) is 26.5 Å². The Hall–Kier alpha value is -0.960. The molecule has 19 heavy (non-hydrogen) atoms. The Morgan fingerprint density at radius 3 is 2.00 bits per heavy atom. The maximum Gasteiger partial charge on any atom is 0.278 e. The van der Waals surface area contributed by atoms with Crippen LogP contribution in [0.2, 0.25) is 0 Å². The molecule has 0 spiro atoms. The molecule has 108 valence electrons. The Labute approximate surface area is 114 Å². The second-order valence-electron chi connectivity index (χ2n) is 4.35. The van der Waals surface area contributed by atoms with Gasteiger partial charge in [-0.1, -0.05) is 12.1 Å². The fourth-order valence-corrected chi connectivity index (χ4v) is 2.61. The number of hydrogen-bond donors (Lipinski definition) is 1. The van der Waals surface area contributed by atoms with E-state index in [1.54, 1.807) is 12.1 Å². The molecular formula is C11H18N2O4S2. The predicted molar refractivity (Wildman–Crippen MR) is 73.9 cm³/mol. The summed E-state index contributed by atoms with van der Waals surface area (Å²) in [4.78, 5) is 0.255. The van der Waals surface area contributed by atoms with E-state index in [0.717, 1.165) is 16.1 Å². The van der Waals surface area contributed by atoms with Gasteiger partial charge in [0.2, 0.25) is 0 Å². The van der Waals surface area contributed by atoms with E-state index < -0.39 is 20.0 Å². The zero-order valence-corrected chi connectivity index (χ0v) is 12.8. The Morgan fingerprint density at radius 1 is 1.05 bits per heavy atom. The maximum atomic E-state index is 11.4. The fourth-order valence-electron chi connectivity index (χ4n) is 1.36. The summed E-state index contributed by atoms with van der Waals surface area (Å²) in [5, 5.41) is 0. The third kappa shape index (κ3) is 4.90. The van der Waals surface area contributed by atoms with Crippen LogP contribution in [0.5, 0.6) is 0 Å². The largest absolute Gasteiger partial charge is 0.278 e. The smallest absolute Gasteiger partial charge is 0.224 e. The lowest BCUT2D eigenvalue weighted by molar-refractivity contribution is 0.506. The Bertz CT molecular complexity index is 619. The van der Waals surface area contributed by atoms with Gasteiger partial charge in [-0.25, -0.2) is 13.1 Å². The number of nitrogens with zero attached hydrogens (tertiary/aromatic N) is 1. The summed E-state index contributed by atoms with van der Waals surface area (Å²) in [5.41, 5.74) is 0.869. The summed E-state index contributed by atoms with van der Waals surface area (Å²) < 4.78 is 48.9. The molecule has 0 amide bonds. The zero-order valence-electron chi connectivity index (χ0n) is 11.1. The SMILES string of the molecule is CN(C)S(=O)(=O)NCCc1ccc(S(C)(=O)=O)cc1. The molecule has 0 saturated heterocycles. The quantitative estimate of drug-likeness (QED) is 0.803. The molecule has 1 aromatic rings. The average molecular weight is 306 g/mol. The van der Waals surface area contributed by atoms with Gasteiger partial charge in [0.15, 0.2) is 9.84 Å². The lowest BCUT2D eigenvalue weighted by atomic mass is 10.2. The summed E-state index contributed by atoms with van der Waals surface area (Å²) in [6.07, 6.45) is 1.64. The van der Waals surface area contributed by atoms with E-state index in [1.807, 2.05) is 0 Å². The first-order valence-electron chi connectivity index (χ1n) is 5.59. The van der Waals surface area contributed by atoms with Gasteiger partial charge in [0.05, 0.1) is 4.90 Å². The van der Waals surface area contributed by atoms with Gasteiger partial charge in [0.25, 0.3) is 10.2 Å². The fraction of sp³-hybridized carbons (Fsp3) is 0.455. The van der Waals surface area contributed by atoms with Crippen molar-refractivity contribution in [3.05, 3.63) is 29.8 Å². The molecular weight excluding hydrogens is 288 g/mol. The minimum absolute atomic E-state index is 0.255. The molecule has 0 aliphatic carbocycles. The average Bonchev–Trinajstić information content (AvgIpc) is 2.28. The van der Waals surface area contributed by atoms with Gasteiger partial charge in [-0.05, 0) is 24.1 Å². The van der Waals surface area contributed by atoms with Crippen LogP contribution in [0.15, 0.2) is 29.2 Å². The van der Waals surface area contributed by atoms with Crippen molar-refractivity contribution in [3.63, 3.8) is 0 Å². The summed E-state index contributed by atoms with van der Waals surface area (Å²) in [6, 6.07) is 6.40. The van der Waals surface area contributed by atoms with Crippen molar-refractivity contribution >= 4 is 20.0 Å². The highest BCUT2D eigenvalue weighted by molar-refractivity contribution is 7.90. The number of sulfone groups is 1. The Kier molecular flexibility index (Phi) is 5.08. The van der Waals surface area contributed by atoms with Gasteiger partial charge in [0.1, 0.15) is 0 Å². The Balaban J connectivity index is 2.61. The van der Waals surface area contributed by atoms with Crippen LogP contribution < -0.4 is 4.72 Å². The van der Waals surface area contributed by atoms with Crippen LogP contribution in [0.25, 0.3) is 0 Å². The van der Waals surface area contributed by atoms with Gasteiger partial charge in [0, 0.05) is 26.9 Å². The van der Waals surface area contributed by atoms with Gasteiger partial charge < -0.3 is 0 Å². The van der Waals surface area contributed by atoms with Gasteiger partial charge >= 0.3 is 0 Å². The molecule has 6 nitrogen and oxygen atoms in total. The summed E-state index contributed by atoms with van der Waals surface area (Å²) in [6.45, 7) is 0.263. The lowest BCUT2D eigenvalue weighted by Gasteiger charge is -2.12. The topological polar surface area (TPSA) is 83.6 Å². The van der Waals surface area contributed by atoms with E-state index in [-0.39, 0.29) is 11.4 Å². The van der Waals surface area contributed by atoms with Crippen molar-refractivity contribution < 1.29 is 16.8 Å². The van der Waals surface area contributed by atoms with Crippen molar-refractivity contribution in [2.75, 3.05) is 26.9 Å². The highest BCUT2D eigenvalue weighted by Crippen LogP contribution is 2.10. The van der Waals surface area contributed by atoms with Crippen molar-refractivity contribution in [1.82, 2.24) is 9.03 Å². The van der Waals surface area contributed by atoms with Crippen LogP contribution in [0, 0.1) is 0 Å². The first-order chi connectivity index (χ1) is 8.63. The lowest BCUT2D eigenvalue weighted by Crippen LogP contribution is -2.36. The van der Waals surface area contributed by atoms with E-state index in [0.29, 0.717) is 6.42 Å². The maximum absolute atomic E-state index is 11.4. The molecule has 0 saturated carbocycles. The van der Waals surface area contributed by atoms with E-state index in [1.165, 1.54) is 26.2 Å².